The maximum absolute atomic E-state index is 12.4. The van der Waals surface area contributed by atoms with E-state index in [1.807, 2.05) is 19.1 Å². The number of hydrogen-bond acceptors (Lipinski definition) is 5. The fourth-order valence-corrected chi connectivity index (χ4v) is 2.57. The van der Waals surface area contributed by atoms with Gasteiger partial charge in [0, 0.05) is 17.7 Å². The molecule has 0 spiro atoms. The van der Waals surface area contributed by atoms with Crippen molar-refractivity contribution < 1.29 is 23.7 Å². The number of benzene rings is 2. The Kier molecular flexibility index (Phi) is 4.46. The highest BCUT2D eigenvalue weighted by Crippen LogP contribution is 2.32. The normalized spacial score (nSPS) is 12.0. The Morgan fingerprint density at radius 1 is 1.08 bits per heavy atom. The van der Waals surface area contributed by atoms with Gasteiger partial charge in [-0.25, -0.2) is 0 Å². The van der Waals surface area contributed by atoms with Gasteiger partial charge in [-0.15, -0.1) is 0 Å². The fraction of sp³-hybridized carbons (Fsp3) is 0.278. The highest BCUT2D eigenvalue weighted by atomic mass is 16.7. The second-order valence-corrected chi connectivity index (χ2v) is 5.38. The van der Waals surface area contributed by atoms with E-state index >= 15 is 0 Å². The lowest BCUT2D eigenvalue weighted by Gasteiger charge is -2.14. The second-order valence-electron chi connectivity index (χ2n) is 5.38. The Bertz CT molecular complexity index is 772. The van der Waals surface area contributed by atoms with Crippen molar-refractivity contribution in [3.05, 3.63) is 47.0 Å². The van der Waals surface area contributed by atoms with Gasteiger partial charge in [-0.1, -0.05) is 0 Å². The standard InChI is InChI=1S/C18H19NO5/c1-11-6-16(22-3)13(8-15(11)21-2)9-19-18(20)12-4-5-14-17(7-12)24-10-23-14/h4-8H,9-10H2,1-3H3,(H,19,20). The van der Waals surface area contributed by atoms with Crippen LogP contribution in [-0.4, -0.2) is 26.9 Å². The predicted molar refractivity (Wildman–Crippen MR) is 88.0 cm³/mol. The molecule has 6 heteroatoms. The molecule has 24 heavy (non-hydrogen) atoms. The van der Waals surface area contributed by atoms with Crippen LogP contribution in [0.15, 0.2) is 30.3 Å². The maximum Gasteiger partial charge on any atom is 0.251 e. The lowest BCUT2D eigenvalue weighted by molar-refractivity contribution is 0.0950. The predicted octanol–water partition coefficient (Wildman–Crippen LogP) is 2.67. The molecule has 2 aromatic rings. The van der Waals surface area contributed by atoms with E-state index in [1.165, 1.54) is 0 Å². The molecule has 3 rings (SSSR count). The minimum absolute atomic E-state index is 0.181. The second kappa shape index (κ2) is 6.70. The number of rotatable bonds is 5. The Hall–Kier alpha value is -2.89. The van der Waals surface area contributed by atoms with Crippen molar-refractivity contribution in [2.24, 2.45) is 0 Å². The molecule has 0 aliphatic carbocycles. The molecule has 2 aromatic carbocycles. The van der Waals surface area contributed by atoms with Crippen molar-refractivity contribution in [2.45, 2.75) is 13.5 Å². The van der Waals surface area contributed by atoms with Crippen LogP contribution < -0.4 is 24.3 Å². The zero-order valence-corrected chi connectivity index (χ0v) is 13.8. The lowest BCUT2D eigenvalue weighted by Crippen LogP contribution is -2.23. The number of amides is 1. The van der Waals surface area contributed by atoms with Gasteiger partial charge in [-0.05, 0) is 42.8 Å². The molecule has 0 aromatic heterocycles. The van der Waals surface area contributed by atoms with E-state index in [9.17, 15) is 4.79 Å². The van der Waals surface area contributed by atoms with E-state index < -0.39 is 0 Å². The minimum atomic E-state index is -0.199. The van der Waals surface area contributed by atoms with E-state index in [0.717, 1.165) is 16.9 Å². The quantitative estimate of drug-likeness (QED) is 0.913. The van der Waals surface area contributed by atoms with Gasteiger partial charge < -0.3 is 24.3 Å². The van der Waals surface area contributed by atoms with Gasteiger partial charge in [0.25, 0.3) is 5.91 Å². The molecule has 0 atom stereocenters. The van der Waals surface area contributed by atoms with Crippen LogP contribution in [0.2, 0.25) is 0 Å². The molecule has 1 heterocycles. The third kappa shape index (κ3) is 3.08. The number of aryl methyl sites for hydroxylation is 1. The highest BCUT2D eigenvalue weighted by Gasteiger charge is 2.16. The maximum atomic E-state index is 12.4. The summed E-state index contributed by atoms with van der Waals surface area (Å²) < 4.78 is 21.2. The summed E-state index contributed by atoms with van der Waals surface area (Å²) in [6.07, 6.45) is 0. The molecule has 1 amide bonds. The molecule has 0 bridgehead atoms. The molecular weight excluding hydrogens is 310 g/mol. The summed E-state index contributed by atoms with van der Waals surface area (Å²) in [6, 6.07) is 8.86. The summed E-state index contributed by atoms with van der Waals surface area (Å²) in [5, 5.41) is 2.88. The molecule has 0 radical (unpaired) electrons. The van der Waals surface area contributed by atoms with Crippen LogP contribution >= 0.6 is 0 Å². The van der Waals surface area contributed by atoms with Crippen molar-refractivity contribution in [1.82, 2.24) is 5.32 Å². The zero-order chi connectivity index (χ0) is 17.1. The molecule has 0 saturated carbocycles. The minimum Gasteiger partial charge on any atom is -0.496 e. The summed E-state index contributed by atoms with van der Waals surface area (Å²) in [6.45, 7) is 2.45. The SMILES string of the molecule is COc1cc(CNC(=O)c2ccc3c(c2)OCO3)c(OC)cc1C. The Labute approximate surface area is 140 Å². The molecule has 1 aliphatic rings. The number of hydrogen-bond donors (Lipinski definition) is 1. The molecule has 1 N–H and O–H groups in total. The van der Waals surface area contributed by atoms with E-state index in [0.29, 0.717) is 29.4 Å². The monoisotopic (exact) mass is 329 g/mol. The summed E-state index contributed by atoms with van der Waals surface area (Å²) in [5.41, 5.74) is 2.33. The number of ether oxygens (including phenoxy) is 4. The van der Waals surface area contributed by atoms with Gasteiger partial charge in [0.05, 0.1) is 14.2 Å². The number of fused-ring (bicyclic) bond motifs is 1. The van der Waals surface area contributed by atoms with Gasteiger partial charge in [-0.3, -0.25) is 4.79 Å². The van der Waals surface area contributed by atoms with E-state index in [2.05, 4.69) is 5.32 Å². The van der Waals surface area contributed by atoms with E-state index in [-0.39, 0.29) is 12.7 Å². The average Bonchev–Trinajstić information content (AvgIpc) is 3.07. The molecule has 6 nitrogen and oxygen atoms in total. The molecule has 126 valence electrons. The number of methoxy groups -OCH3 is 2. The van der Waals surface area contributed by atoms with Crippen molar-refractivity contribution in [3.63, 3.8) is 0 Å². The van der Waals surface area contributed by atoms with Crippen molar-refractivity contribution >= 4 is 5.91 Å². The van der Waals surface area contributed by atoms with E-state index in [1.54, 1.807) is 32.4 Å². The third-order valence-electron chi connectivity index (χ3n) is 3.87. The van der Waals surface area contributed by atoms with Crippen LogP contribution in [0, 0.1) is 6.92 Å². The first-order valence-corrected chi connectivity index (χ1v) is 7.51. The van der Waals surface area contributed by atoms with Gasteiger partial charge in [0.2, 0.25) is 6.79 Å². The number of nitrogens with one attached hydrogen (secondary N) is 1. The number of carbonyl (C=O) groups is 1. The number of carbonyl (C=O) groups excluding carboxylic acids is 1. The van der Waals surface area contributed by atoms with Gasteiger partial charge in [-0.2, -0.15) is 0 Å². The summed E-state index contributed by atoms with van der Waals surface area (Å²) >= 11 is 0. The van der Waals surface area contributed by atoms with Crippen LogP contribution in [0.3, 0.4) is 0 Å². The first kappa shape index (κ1) is 16.0. The summed E-state index contributed by atoms with van der Waals surface area (Å²) in [7, 11) is 3.22. The molecule has 0 unspecified atom stereocenters. The van der Waals surface area contributed by atoms with Crippen molar-refractivity contribution in [1.29, 1.82) is 0 Å². The first-order chi connectivity index (χ1) is 11.6. The summed E-state index contributed by atoms with van der Waals surface area (Å²) in [4.78, 5) is 12.4. The van der Waals surface area contributed by atoms with Crippen molar-refractivity contribution in [3.8, 4) is 23.0 Å². The Morgan fingerprint density at radius 3 is 2.58 bits per heavy atom. The Balaban J connectivity index is 1.74. The molecule has 0 fully saturated rings. The fourth-order valence-electron chi connectivity index (χ4n) is 2.57. The van der Waals surface area contributed by atoms with Crippen LogP contribution in [0.4, 0.5) is 0 Å². The van der Waals surface area contributed by atoms with Crippen LogP contribution in [0.25, 0.3) is 0 Å². The first-order valence-electron chi connectivity index (χ1n) is 7.51. The third-order valence-corrected chi connectivity index (χ3v) is 3.87. The van der Waals surface area contributed by atoms with Crippen LogP contribution in [-0.2, 0) is 6.54 Å². The zero-order valence-electron chi connectivity index (χ0n) is 13.8. The van der Waals surface area contributed by atoms with Crippen molar-refractivity contribution in [2.75, 3.05) is 21.0 Å². The van der Waals surface area contributed by atoms with Gasteiger partial charge in [0.1, 0.15) is 11.5 Å². The molecule has 0 saturated heterocycles. The van der Waals surface area contributed by atoms with E-state index in [4.69, 9.17) is 18.9 Å². The molecule has 1 aliphatic heterocycles. The van der Waals surface area contributed by atoms with Crippen LogP contribution in [0.1, 0.15) is 21.5 Å². The lowest BCUT2D eigenvalue weighted by atomic mass is 10.1. The van der Waals surface area contributed by atoms with Gasteiger partial charge >= 0.3 is 0 Å². The molecular formula is C18H19NO5. The Morgan fingerprint density at radius 2 is 1.83 bits per heavy atom. The largest absolute Gasteiger partial charge is 0.496 e. The average molecular weight is 329 g/mol. The smallest absolute Gasteiger partial charge is 0.251 e. The highest BCUT2D eigenvalue weighted by molar-refractivity contribution is 5.94. The summed E-state index contributed by atoms with van der Waals surface area (Å²) in [5.74, 6) is 2.49. The topological polar surface area (TPSA) is 66.0 Å². The van der Waals surface area contributed by atoms with Gasteiger partial charge in [0.15, 0.2) is 11.5 Å². The van der Waals surface area contributed by atoms with Crippen LogP contribution in [0.5, 0.6) is 23.0 Å².